The molecule has 2 rings (SSSR count). The molecule has 0 unspecified atom stereocenters. The molecule has 0 aliphatic rings. The highest BCUT2D eigenvalue weighted by Crippen LogP contribution is 2.28. The summed E-state index contributed by atoms with van der Waals surface area (Å²) in [4.78, 5) is 9.02. The van der Waals surface area contributed by atoms with Gasteiger partial charge in [0, 0.05) is 23.8 Å². The maximum atomic E-state index is 4.59. The molecule has 2 heteroatoms. The van der Waals surface area contributed by atoms with Crippen molar-refractivity contribution in [1.29, 1.82) is 0 Å². The average Bonchev–Trinajstić information content (AvgIpc) is 2.44. The van der Waals surface area contributed by atoms with Crippen molar-refractivity contribution in [2.45, 2.75) is 60.3 Å². The Morgan fingerprint density at radius 1 is 0.826 bits per heavy atom. The summed E-state index contributed by atoms with van der Waals surface area (Å²) in [7, 11) is 0. The molecule has 0 aromatic carbocycles. The summed E-state index contributed by atoms with van der Waals surface area (Å²) < 4.78 is 0. The molecule has 124 valence electrons. The van der Waals surface area contributed by atoms with Gasteiger partial charge in [-0.25, -0.2) is 0 Å². The maximum absolute atomic E-state index is 4.59. The Kier molecular flexibility index (Phi) is 5.56. The third-order valence-corrected chi connectivity index (χ3v) is 4.06. The van der Waals surface area contributed by atoms with Crippen LogP contribution in [-0.4, -0.2) is 9.97 Å². The van der Waals surface area contributed by atoms with E-state index in [0.717, 1.165) is 25.7 Å². The van der Waals surface area contributed by atoms with Crippen LogP contribution in [0.3, 0.4) is 0 Å². The van der Waals surface area contributed by atoms with Crippen LogP contribution < -0.4 is 0 Å². The fraction of sp³-hybridized carbons (Fsp3) is 0.524. The van der Waals surface area contributed by atoms with Gasteiger partial charge >= 0.3 is 0 Å². The second-order valence-electron chi connectivity index (χ2n) is 8.55. The van der Waals surface area contributed by atoms with Gasteiger partial charge in [-0.05, 0) is 66.3 Å². The molecule has 0 aliphatic heterocycles. The van der Waals surface area contributed by atoms with Gasteiger partial charge in [-0.2, -0.15) is 0 Å². The van der Waals surface area contributed by atoms with Gasteiger partial charge in [0.05, 0.1) is 0 Å². The Bertz CT molecular complexity index is 609. The maximum Gasteiger partial charge on any atom is 0.0411 e. The van der Waals surface area contributed by atoms with Crippen molar-refractivity contribution in [2.24, 2.45) is 10.8 Å². The van der Waals surface area contributed by atoms with Crippen LogP contribution in [0.4, 0.5) is 0 Å². The highest BCUT2D eigenvalue weighted by Gasteiger charge is 2.20. The zero-order valence-corrected chi connectivity index (χ0v) is 15.3. The van der Waals surface area contributed by atoms with E-state index in [1.54, 1.807) is 0 Å². The van der Waals surface area contributed by atoms with Crippen molar-refractivity contribution < 1.29 is 0 Å². The normalized spacial score (nSPS) is 12.4. The van der Waals surface area contributed by atoms with Gasteiger partial charge in [-0.1, -0.05) is 40.7 Å². The first-order chi connectivity index (χ1) is 10.7. The van der Waals surface area contributed by atoms with E-state index in [1.165, 1.54) is 17.0 Å². The molecular weight excluding hydrogens is 280 g/mol. The number of aryl methyl sites for hydroxylation is 1. The van der Waals surface area contributed by atoms with Crippen molar-refractivity contribution in [3.05, 3.63) is 59.7 Å². The minimum Gasteiger partial charge on any atom is -0.261 e. The highest BCUT2D eigenvalue weighted by molar-refractivity contribution is 5.18. The van der Waals surface area contributed by atoms with Crippen LogP contribution >= 0.6 is 0 Å². The molecule has 0 saturated carbocycles. The number of rotatable bonds is 6. The van der Waals surface area contributed by atoms with Gasteiger partial charge in [-0.15, -0.1) is 0 Å². The fourth-order valence-electron chi connectivity index (χ4n) is 2.94. The number of aromatic nitrogens is 2. The summed E-state index contributed by atoms with van der Waals surface area (Å²) in [5.74, 6) is 0. The number of hydrogen-bond acceptors (Lipinski definition) is 2. The van der Waals surface area contributed by atoms with E-state index in [0.29, 0.717) is 5.41 Å². The molecule has 0 fully saturated rings. The van der Waals surface area contributed by atoms with Crippen molar-refractivity contribution >= 4 is 0 Å². The molecule has 2 heterocycles. The van der Waals surface area contributed by atoms with Crippen molar-refractivity contribution in [3.8, 4) is 0 Å². The van der Waals surface area contributed by atoms with Crippen LogP contribution in [0.25, 0.3) is 0 Å². The summed E-state index contributed by atoms with van der Waals surface area (Å²) in [6.07, 6.45) is 8.09. The zero-order chi connectivity index (χ0) is 16.9. The molecule has 2 nitrogen and oxygen atoms in total. The van der Waals surface area contributed by atoms with Crippen LogP contribution in [0.1, 0.15) is 58.0 Å². The quantitative estimate of drug-likeness (QED) is 0.726. The van der Waals surface area contributed by atoms with Crippen LogP contribution in [0.5, 0.6) is 0 Å². The first-order valence-corrected chi connectivity index (χ1v) is 8.57. The van der Waals surface area contributed by atoms with E-state index >= 15 is 0 Å². The van der Waals surface area contributed by atoms with Gasteiger partial charge in [0.15, 0.2) is 0 Å². The molecule has 0 amide bonds. The third kappa shape index (κ3) is 6.52. The van der Waals surface area contributed by atoms with Gasteiger partial charge in [0.25, 0.3) is 0 Å². The largest absolute Gasteiger partial charge is 0.261 e. The topological polar surface area (TPSA) is 25.8 Å². The van der Waals surface area contributed by atoms with E-state index < -0.39 is 0 Å². The minimum absolute atomic E-state index is 0.227. The number of pyridine rings is 2. The second-order valence-corrected chi connectivity index (χ2v) is 8.55. The summed E-state index contributed by atoms with van der Waals surface area (Å²) >= 11 is 0. The molecule has 2 aromatic heterocycles. The number of hydrogen-bond donors (Lipinski definition) is 0. The Morgan fingerprint density at radius 3 is 2.22 bits per heavy atom. The Balaban J connectivity index is 1.98. The molecule has 2 aromatic rings. The predicted octanol–water partition coefficient (Wildman–Crippen LogP) is 5.27. The van der Waals surface area contributed by atoms with Gasteiger partial charge < -0.3 is 0 Å². The molecule has 0 atom stereocenters. The van der Waals surface area contributed by atoms with Crippen LogP contribution in [0.15, 0.2) is 42.7 Å². The Hall–Kier alpha value is -1.70. The van der Waals surface area contributed by atoms with E-state index in [9.17, 15) is 0 Å². The third-order valence-electron chi connectivity index (χ3n) is 4.06. The van der Waals surface area contributed by atoms with E-state index in [2.05, 4.69) is 68.9 Å². The molecule has 0 saturated heterocycles. The lowest BCUT2D eigenvalue weighted by Crippen LogP contribution is -2.18. The Morgan fingerprint density at radius 2 is 1.57 bits per heavy atom. The van der Waals surface area contributed by atoms with Crippen LogP contribution in [0, 0.1) is 10.8 Å². The standard InChI is InChI=1S/C21H30N2/c1-20(2,3)15-17-10-13-23-19(14-17)16-21(4,5)11-9-18-8-6-7-12-22-18/h6-8,10,12-14H,9,11,15-16H2,1-5H3. The lowest BCUT2D eigenvalue weighted by atomic mass is 9.81. The van der Waals surface area contributed by atoms with E-state index in [4.69, 9.17) is 0 Å². The van der Waals surface area contributed by atoms with Crippen LogP contribution in [0.2, 0.25) is 0 Å². The van der Waals surface area contributed by atoms with E-state index in [1.807, 2.05) is 18.5 Å². The molecule has 0 spiro atoms. The molecule has 0 bridgehead atoms. The SMILES string of the molecule is CC(C)(C)Cc1ccnc(CC(C)(C)CCc2ccccn2)c1. The molecular formula is C21H30N2. The van der Waals surface area contributed by atoms with Crippen molar-refractivity contribution in [1.82, 2.24) is 9.97 Å². The first kappa shape index (κ1) is 17.7. The smallest absolute Gasteiger partial charge is 0.0411 e. The minimum atomic E-state index is 0.227. The molecule has 0 radical (unpaired) electrons. The van der Waals surface area contributed by atoms with Crippen LogP contribution in [-0.2, 0) is 19.3 Å². The molecule has 0 aliphatic carbocycles. The van der Waals surface area contributed by atoms with E-state index in [-0.39, 0.29) is 5.41 Å². The molecule has 23 heavy (non-hydrogen) atoms. The summed E-state index contributed by atoms with van der Waals surface area (Å²) in [6, 6.07) is 10.6. The second kappa shape index (κ2) is 7.25. The van der Waals surface area contributed by atoms with Gasteiger partial charge in [0.2, 0.25) is 0 Å². The summed E-state index contributed by atoms with van der Waals surface area (Å²) in [6.45, 7) is 11.5. The first-order valence-electron chi connectivity index (χ1n) is 8.57. The van der Waals surface area contributed by atoms with Crippen molar-refractivity contribution in [3.63, 3.8) is 0 Å². The summed E-state index contributed by atoms with van der Waals surface area (Å²) in [5, 5.41) is 0. The lowest BCUT2D eigenvalue weighted by molar-refractivity contribution is 0.328. The fourth-order valence-corrected chi connectivity index (χ4v) is 2.94. The number of nitrogens with zero attached hydrogens (tertiary/aromatic N) is 2. The van der Waals surface area contributed by atoms with Crippen molar-refractivity contribution in [2.75, 3.05) is 0 Å². The highest BCUT2D eigenvalue weighted by atomic mass is 14.7. The van der Waals surface area contributed by atoms with Gasteiger partial charge in [0.1, 0.15) is 0 Å². The Labute approximate surface area is 141 Å². The van der Waals surface area contributed by atoms with Gasteiger partial charge in [-0.3, -0.25) is 9.97 Å². The monoisotopic (exact) mass is 310 g/mol. The average molecular weight is 310 g/mol. The zero-order valence-electron chi connectivity index (χ0n) is 15.3. The molecule has 0 N–H and O–H groups in total. The lowest BCUT2D eigenvalue weighted by Gasteiger charge is -2.25. The summed E-state index contributed by atoms with van der Waals surface area (Å²) in [5.41, 5.74) is 4.31. The predicted molar refractivity (Wildman–Crippen MR) is 97.4 cm³/mol.